The summed E-state index contributed by atoms with van der Waals surface area (Å²) in [6, 6.07) is 9.80. The molecule has 0 aliphatic carbocycles. The summed E-state index contributed by atoms with van der Waals surface area (Å²) in [5.74, 6) is 1.86. The molecule has 1 saturated heterocycles. The van der Waals surface area contributed by atoms with Gasteiger partial charge in [-0.05, 0) is 12.3 Å². The van der Waals surface area contributed by atoms with Crippen LogP contribution in [0, 0.1) is 11.3 Å². The quantitative estimate of drug-likeness (QED) is 0.858. The molecule has 1 fully saturated rings. The number of carbonyl (C=O) groups is 1. The monoisotopic (exact) mass is 327 g/mol. The average Bonchev–Trinajstić information content (AvgIpc) is 3.21. The molecule has 24 heavy (non-hydrogen) atoms. The van der Waals surface area contributed by atoms with Gasteiger partial charge in [-0.15, -0.1) is 0 Å². The molecule has 1 aromatic carbocycles. The summed E-state index contributed by atoms with van der Waals surface area (Å²) in [7, 11) is 0. The zero-order valence-electron chi connectivity index (χ0n) is 14.8. The molecule has 2 atom stereocenters. The number of nitrogens with zero attached hydrogens (tertiary/aromatic N) is 3. The van der Waals surface area contributed by atoms with E-state index in [-0.39, 0.29) is 17.2 Å². The standard InChI is InChI=1S/C19H25N3O2/c1-5-19(3,4)18(23)22-11-13(2)15(12-22)17-20-16(21-24-17)14-9-7-6-8-10-14/h6-10,13,15H,5,11-12H2,1-4H3/t13-,15-/m0/s1. The molecule has 128 valence electrons. The number of benzene rings is 1. The molecule has 3 rings (SSSR count). The van der Waals surface area contributed by atoms with Crippen molar-refractivity contribution in [2.24, 2.45) is 11.3 Å². The Bertz CT molecular complexity index is 708. The van der Waals surface area contributed by atoms with Crippen molar-refractivity contribution in [3.63, 3.8) is 0 Å². The molecule has 2 heterocycles. The van der Waals surface area contributed by atoms with E-state index in [9.17, 15) is 4.79 Å². The molecule has 0 saturated carbocycles. The Kier molecular flexibility index (Phi) is 4.43. The second kappa shape index (κ2) is 6.38. The molecule has 1 amide bonds. The van der Waals surface area contributed by atoms with Crippen LogP contribution in [0.2, 0.25) is 0 Å². The number of amides is 1. The van der Waals surface area contributed by atoms with Crippen LogP contribution in [0.5, 0.6) is 0 Å². The van der Waals surface area contributed by atoms with Crippen molar-refractivity contribution >= 4 is 5.91 Å². The van der Waals surface area contributed by atoms with Crippen molar-refractivity contribution in [1.82, 2.24) is 15.0 Å². The van der Waals surface area contributed by atoms with Crippen LogP contribution < -0.4 is 0 Å². The summed E-state index contributed by atoms with van der Waals surface area (Å²) in [6.45, 7) is 9.61. The third-order valence-corrected chi connectivity index (χ3v) is 5.15. The smallest absolute Gasteiger partial charge is 0.232 e. The van der Waals surface area contributed by atoms with Crippen LogP contribution in [0.1, 0.15) is 45.9 Å². The summed E-state index contributed by atoms with van der Waals surface area (Å²) < 4.78 is 5.51. The fourth-order valence-corrected chi connectivity index (χ4v) is 3.12. The molecular weight excluding hydrogens is 302 g/mol. The molecule has 0 radical (unpaired) electrons. The van der Waals surface area contributed by atoms with Gasteiger partial charge in [0.15, 0.2) is 0 Å². The summed E-state index contributed by atoms with van der Waals surface area (Å²) in [6.07, 6.45) is 0.833. The first-order valence-electron chi connectivity index (χ1n) is 8.60. The van der Waals surface area contributed by atoms with Crippen molar-refractivity contribution in [2.75, 3.05) is 13.1 Å². The number of carbonyl (C=O) groups excluding carboxylic acids is 1. The Morgan fingerprint density at radius 2 is 2.00 bits per heavy atom. The number of likely N-dealkylation sites (tertiary alicyclic amines) is 1. The first-order valence-corrected chi connectivity index (χ1v) is 8.60. The van der Waals surface area contributed by atoms with E-state index in [0.29, 0.717) is 24.2 Å². The molecule has 1 aromatic heterocycles. The van der Waals surface area contributed by atoms with Crippen molar-refractivity contribution in [1.29, 1.82) is 0 Å². The maximum absolute atomic E-state index is 12.7. The van der Waals surface area contributed by atoms with Gasteiger partial charge in [0.05, 0.1) is 5.92 Å². The Labute approximate surface area is 143 Å². The highest BCUT2D eigenvalue weighted by Crippen LogP contribution is 2.35. The van der Waals surface area contributed by atoms with E-state index in [4.69, 9.17) is 4.52 Å². The molecule has 1 aliphatic rings. The fourth-order valence-electron chi connectivity index (χ4n) is 3.12. The van der Waals surface area contributed by atoms with E-state index >= 15 is 0 Å². The van der Waals surface area contributed by atoms with Gasteiger partial charge in [0, 0.05) is 24.1 Å². The lowest BCUT2D eigenvalue weighted by Gasteiger charge is -2.28. The van der Waals surface area contributed by atoms with Crippen LogP contribution in [-0.2, 0) is 4.79 Å². The third-order valence-electron chi connectivity index (χ3n) is 5.15. The van der Waals surface area contributed by atoms with E-state index in [1.54, 1.807) is 0 Å². The summed E-state index contributed by atoms with van der Waals surface area (Å²) in [4.78, 5) is 19.2. The Morgan fingerprint density at radius 1 is 1.29 bits per heavy atom. The van der Waals surface area contributed by atoms with E-state index in [2.05, 4.69) is 24.0 Å². The molecule has 0 spiro atoms. The minimum Gasteiger partial charge on any atom is -0.341 e. The number of rotatable bonds is 4. The minimum atomic E-state index is -0.321. The Morgan fingerprint density at radius 3 is 2.67 bits per heavy atom. The number of hydrogen-bond acceptors (Lipinski definition) is 4. The number of aromatic nitrogens is 2. The van der Waals surface area contributed by atoms with Crippen molar-refractivity contribution in [3.8, 4) is 11.4 Å². The van der Waals surface area contributed by atoms with Gasteiger partial charge in [-0.3, -0.25) is 4.79 Å². The topological polar surface area (TPSA) is 59.2 Å². The first kappa shape index (κ1) is 16.7. The van der Waals surface area contributed by atoms with Crippen LogP contribution in [0.15, 0.2) is 34.9 Å². The van der Waals surface area contributed by atoms with Gasteiger partial charge in [-0.25, -0.2) is 0 Å². The molecule has 5 nitrogen and oxygen atoms in total. The molecule has 0 N–H and O–H groups in total. The predicted molar refractivity (Wildman–Crippen MR) is 92.3 cm³/mol. The van der Waals surface area contributed by atoms with Crippen molar-refractivity contribution < 1.29 is 9.32 Å². The van der Waals surface area contributed by atoms with E-state index in [1.807, 2.05) is 49.1 Å². The maximum Gasteiger partial charge on any atom is 0.232 e. The summed E-state index contributed by atoms with van der Waals surface area (Å²) >= 11 is 0. The summed E-state index contributed by atoms with van der Waals surface area (Å²) in [5, 5.41) is 4.11. The largest absolute Gasteiger partial charge is 0.341 e. The highest BCUT2D eigenvalue weighted by atomic mass is 16.5. The van der Waals surface area contributed by atoms with Gasteiger partial charge in [-0.2, -0.15) is 4.98 Å². The van der Waals surface area contributed by atoms with Gasteiger partial charge in [0.2, 0.25) is 17.6 Å². The maximum atomic E-state index is 12.7. The lowest BCUT2D eigenvalue weighted by atomic mass is 9.88. The lowest BCUT2D eigenvalue weighted by Crippen LogP contribution is -2.39. The van der Waals surface area contributed by atoms with Crippen molar-refractivity contribution in [2.45, 2.75) is 40.0 Å². The summed E-state index contributed by atoms with van der Waals surface area (Å²) in [5.41, 5.74) is 0.622. The van der Waals surface area contributed by atoms with Gasteiger partial charge in [0.1, 0.15) is 0 Å². The zero-order chi connectivity index (χ0) is 17.3. The van der Waals surface area contributed by atoms with Gasteiger partial charge >= 0.3 is 0 Å². The van der Waals surface area contributed by atoms with Gasteiger partial charge < -0.3 is 9.42 Å². The first-order chi connectivity index (χ1) is 11.4. The predicted octanol–water partition coefficient (Wildman–Crippen LogP) is 3.73. The lowest BCUT2D eigenvalue weighted by molar-refractivity contribution is -0.139. The van der Waals surface area contributed by atoms with E-state index in [1.165, 1.54) is 0 Å². The van der Waals surface area contributed by atoms with Crippen LogP contribution in [0.25, 0.3) is 11.4 Å². The SMILES string of the molecule is CCC(C)(C)C(=O)N1C[C@H](c2nc(-c3ccccc3)no2)[C@@H](C)C1. The molecule has 2 aromatic rings. The normalized spacial score (nSPS) is 21.2. The molecule has 0 bridgehead atoms. The molecule has 5 heteroatoms. The third kappa shape index (κ3) is 3.07. The van der Waals surface area contributed by atoms with E-state index < -0.39 is 0 Å². The zero-order valence-corrected chi connectivity index (χ0v) is 14.8. The molecule has 0 unspecified atom stereocenters. The van der Waals surface area contributed by atoms with Gasteiger partial charge in [0.25, 0.3) is 0 Å². The van der Waals surface area contributed by atoms with E-state index in [0.717, 1.165) is 18.5 Å². The van der Waals surface area contributed by atoms with Crippen LogP contribution >= 0.6 is 0 Å². The highest BCUT2D eigenvalue weighted by Gasteiger charge is 2.40. The Hall–Kier alpha value is -2.17. The highest BCUT2D eigenvalue weighted by molar-refractivity contribution is 5.82. The second-order valence-electron chi connectivity index (χ2n) is 7.35. The molecule has 1 aliphatic heterocycles. The molecular formula is C19H25N3O2. The fraction of sp³-hybridized carbons (Fsp3) is 0.526. The second-order valence-corrected chi connectivity index (χ2v) is 7.35. The van der Waals surface area contributed by atoms with Crippen LogP contribution in [0.4, 0.5) is 0 Å². The number of hydrogen-bond donors (Lipinski definition) is 0. The average molecular weight is 327 g/mol. The van der Waals surface area contributed by atoms with Crippen LogP contribution in [-0.4, -0.2) is 34.0 Å². The minimum absolute atomic E-state index is 0.103. The Balaban J connectivity index is 1.77. The van der Waals surface area contributed by atoms with Crippen molar-refractivity contribution in [3.05, 3.63) is 36.2 Å². The van der Waals surface area contributed by atoms with Crippen LogP contribution in [0.3, 0.4) is 0 Å². The van der Waals surface area contributed by atoms with Gasteiger partial charge in [-0.1, -0.05) is 63.2 Å².